The number of aromatic nitrogens is 2. The Kier molecular flexibility index (Phi) is 4.89. The van der Waals surface area contributed by atoms with Gasteiger partial charge in [-0.15, -0.1) is 0 Å². The first-order valence-corrected chi connectivity index (χ1v) is 7.84. The molecule has 0 saturated heterocycles. The van der Waals surface area contributed by atoms with Gasteiger partial charge in [-0.05, 0) is 17.7 Å². The molecule has 0 spiro atoms. The highest BCUT2D eigenvalue weighted by molar-refractivity contribution is 6.01. The summed E-state index contributed by atoms with van der Waals surface area (Å²) in [5.74, 6) is -0.640. The molecule has 0 aliphatic heterocycles. The summed E-state index contributed by atoms with van der Waals surface area (Å²) in [6.45, 7) is 0. The summed E-state index contributed by atoms with van der Waals surface area (Å²) in [6.07, 6.45) is 3.25. The van der Waals surface area contributed by atoms with Crippen molar-refractivity contribution in [1.82, 2.24) is 15.1 Å². The Balaban J connectivity index is 1.82. The Morgan fingerprint density at radius 3 is 2.24 bits per heavy atom. The van der Waals surface area contributed by atoms with Gasteiger partial charge in [-0.25, -0.2) is 0 Å². The number of hydrogen-bond acceptors (Lipinski definition) is 3. The fourth-order valence-corrected chi connectivity index (χ4v) is 2.45. The lowest BCUT2D eigenvalue weighted by atomic mass is 10.1. The van der Waals surface area contributed by atoms with Gasteiger partial charge >= 0.3 is 0 Å². The molecule has 1 aromatic heterocycles. The Morgan fingerprint density at radius 2 is 1.64 bits per heavy atom. The van der Waals surface area contributed by atoms with Crippen LogP contribution < -0.4 is 10.6 Å². The lowest BCUT2D eigenvalue weighted by Crippen LogP contribution is -2.37. The number of rotatable bonds is 5. The lowest BCUT2D eigenvalue weighted by molar-refractivity contribution is -0.118. The second-order valence-corrected chi connectivity index (χ2v) is 5.58. The number of anilines is 1. The highest BCUT2D eigenvalue weighted by Gasteiger charge is 2.23. The number of nitrogens with one attached hydrogen (secondary N) is 2. The Bertz CT molecular complexity index is 859. The van der Waals surface area contributed by atoms with Crippen molar-refractivity contribution >= 4 is 17.5 Å². The average molecular weight is 334 g/mol. The minimum atomic E-state index is -0.811. The van der Waals surface area contributed by atoms with E-state index in [0.29, 0.717) is 16.8 Å². The number of hydrogen-bond donors (Lipinski definition) is 2. The molecule has 2 N–H and O–H groups in total. The Morgan fingerprint density at radius 1 is 1.00 bits per heavy atom. The van der Waals surface area contributed by atoms with E-state index in [1.54, 1.807) is 60.5 Å². The second kappa shape index (κ2) is 7.44. The molecule has 0 aliphatic rings. The van der Waals surface area contributed by atoms with Crippen molar-refractivity contribution in [3.8, 4) is 0 Å². The summed E-state index contributed by atoms with van der Waals surface area (Å²) in [5, 5.41) is 9.60. The zero-order chi connectivity index (χ0) is 17.6. The van der Waals surface area contributed by atoms with Crippen LogP contribution in [-0.4, -0.2) is 21.6 Å². The molecule has 2 aromatic carbocycles. The molecule has 0 fully saturated rings. The minimum absolute atomic E-state index is 0.309. The summed E-state index contributed by atoms with van der Waals surface area (Å²) in [6, 6.07) is 17.1. The molecule has 0 saturated carbocycles. The number of nitrogens with zero attached hydrogens (tertiary/aromatic N) is 2. The zero-order valence-corrected chi connectivity index (χ0v) is 13.7. The number of amides is 2. The van der Waals surface area contributed by atoms with Crippen LogP contribution in [0.25, 0.3) is 0 Å². The van der Waals surface area contributed by atoms with Crippen molar-refractivity contribution in [3.05, 3.63) is 84.2 Å². The van der Waals surface area contributed by atoms with Crippen molar-refractivity contribution in [1.29, 1.82) is 0 Å². The molecule has 3 aromatic rings. The van der Waals surface area contributed by atoms with Gasteiger partial charge in [0.25, 0.3) is 11.8 Å². The van der Waals surface area contributed by atoms with Crippen LogP contribution in [0.1, 0.15) is 22.0 Å². The van der Waals surface area contributed by atoms with Gasteiger partial charge in [0.15, 0.2) is 0 Å². The van der Waals surface area contributed by atoms with Crippen molar-refractivity contribution in [2.75, 3.05) is 5.32 Å². The molecule has 126 valence electrons. The molecule has 1 atom stereocenters. The van der Waals surface area contributed by atoms with Crippen molar-refractivity contribution in [3.63, 3.8) is 0 Å². The molecule has 0 radical (unpaired) electrons. The Labute approximate surface area is 145 Å². The quantitative estimate of drug-likeness (QED) is 0.753. The monoisotopic (exact) mass is 334 g/mol. The fourth-order valence-electron chi connectivity index (χ4n) is 2.45. The maximum absolute atomic E-state index is 12.7. The van der Waals surface area contributed by atoms with Crippen LogP contribution in [0.3, 0.4) is 0 Å². The maximum atomic E-state index is 12.7. The van der Waals surface area contributed by atoms with Crippen LogP contribution in [0.4, 0.5) is 5.69 Å². The molecule has 3 rings (SSSR count). The lowest BCUT2D eigenvalue weighted by Gasteiger charge is -2.18. The first kappa shape index (κ1) is 16.4. The van der Waals surface area contributed by atoms with E-state index in [-0.39, 0.29) is 11.8 Å². The molecule has 1 heterocycles. The van der Waals surface area contributed by atoms with E-state index in [0.717, 1.165) is 0 Å². The van der Waals surface area contributed by atoms with Crippen LogP contribution in [0.15, 0.2) is 73.1 Å². The van der Waals surface area contributed by atoms with Crippen LogP contribution in [0.5, 0.6) is 0 Å². The summed E-state index contributed by atoms with van der Waals surface area (Å²) in [5.41, 5.74) is 1.77. The third kappa shape index (κ3) is 4.11. The predicted molar refractivity (Wildman–Crippen MR) is 94.9 cm³/mol. The minimum Gasteiger partial charge on any atom is -0.336 e. The summed E-state index contributed by atoms with van der Waals surface area (Å²) in [7, 11) is 1.77. The number of benzene rings is 2. The number of carbonyl (C=O) groups is 2. The largest absolute Gasteiger partial charge is 0.336 e. The van der Waals surface area contributed by atoms with Gasteiger partial charge in [-0.3, -0.25) is 14.3 Å². The van der Waals surface area contributed by atoms with Gasteiger partial charge in [-0.2, -0.15) is 5.10 Å². The highest BCUT2D eigenvalue weighted by atomic mass is 16.2. The van der Waals surface area contributed by atoms with E-state index >= 15 is 0 Å². The Hall–Kier alpha value is -3.41. The second-order valence-electron chi connectivity index (χ2n) is 5.58. The van der Waals surface area contributed by atoms with Crippen LogP contribution >= 0.6 is 0 Å². The summed E-state index contributed by atoms with van der Waals surface area (Å²) < 4.78 is 1.59. The number of carbonyl (C=O) groups excluding carboxylic acids is 2. The van der Waals surface area contributed by atoms with E-state index in [9.17, 15) is 9.59 Å². The molecular weight excluding hydrogens is 316 g/mol. The number of aryl methyl sites for hydroxylation is 1. The van der Waals surface area contributed by atoms with Gasteiger partial charge in [0.2, 0.25) is 0 Å². The van der Waals surface area contributed by atoms with Crippen molar-refractivity contribution < 1.29 is 9.59 Å². The van der Waals surface area contributed by atoms with E-state index in [2.05, 4.69) is 15.7 Å². The first-order valence-electron chi connectivity index (χ1n) is 7.84. The van der Waals surface area contributed by atoms with Crippen LogP contribution in [0, 0.1) is 0 Å². The van der Waals surface area contributed by atoms with Gasteiger partial charge in [0.1, 0.15) is 6.04 Å². The highest BCUT2D eigenvalue weighted by Crippen LogP contribution is 2.16. The van der Waals surface area contributed by atoms with E-state index in [1.807, 2.05) is 24.3 Å². The molecular formula is C19H18N4O2. The predicted octanol–water partition coefficient (Wildman–Crippen LogP) is 2.53. The van der Waals surface area contributed by atoms with Gasteiger partial charge in [-0.1, -0.05) is 48.5 Å². The van der Waals surface area contributed by atoms with Crippen molar-refractivity contribution in [2.45, 2.75) is 6.04 Å². The topological polar surface area (TPSA) is 76.0 Å². The van der Waals surface area contributed by atoms with E-state index < -0.39 is 6.04 Å². The molecule has 0 bridgehead atoms. The van der Waals surface area contributed by atoms with Crippen LogP contribution in [-0.2, 0) is 11.8 Å². The van der Waals surface area contributed by atoms with E-state index in [4.69, 9.17) is 0 Å². The maximum Gasteiger partial charge on any atom is 0.252 e. The fraction of sp³-hybridized carbons (Fsp3) is 0.105. The SMILES string of the molecule is Cn1cc(NC(=O)C(NC(=O)c2ccccc2)c2ccccc2)cn1. The zero-order valence-electron chi connectivity index (χ0n) is 13.7. The molecule has 1 unspecified atom stereocenters. The molecule has 6 nitrogen and oxygen atoms in total. The van der Waals surface area contributed by atoms with Gasteiger partial charge < -0.3 is 10.6 Å². The van der Waals surface area contributed by atoms with Crippen LogP contribution in [0.2, 0.25) is 0 Å². The summed E-state index contributed by atoms with van der Waals surface area (Å²) >= 11 is 0. The molecule has 25 heavy (non-hydrogen) atoms. The first-order chi connectivity index (χ1) is 12.1. The van der Waals surface area contributed by atoms with Gasteiger partial charge in [0, 0.05) is 18.8 Å². The third-order valence-electron chi connectivity index (χ3n) is 3.68. The average Bonchev–Trinajstić information content (AvgIpc) is 3.05. The smallest absolute Gasteiger partial charge is 0.252 e. The van der Waals surface area contributed by atoms with E-state index in [1.165, 1.54) is 0 Å². The van der Waals surface area contributed by atoms with Gasteiger partial charge in [0.05, 0.1) is 11.9 Å². The third-order valence-corrected chi connectivity index (χ3v) is 3.68. The standard InChI is InChI=1S/C19H18N4O2/c1-23-13-16(12-20-23)21-19(25)17(14-8-4-2-5-9-14)22-18(24)15-10-6-3-7-11-15/h2-13,17H,1H3,(H,21,25)(H,22,24). The molecule has 0 aliphatic carbocycles. The normalized spacial score (nSPS) is 11.6. The summed E-state index contributed by atoms with van der Waals surface area (Å²) in [4.78, 5) is 25.2. The molecule has 2 amide bonds. The molecule has 6 heteroatoms. The van der Waals surface area contributed by atoms with Crippen molar-refractivity contribution in [2.24, 2.45) is 7.05 Å².